The molecular weight excluding hydrogens is 238 g/mol. The van der Waals surface area contributed by atoms with Crippen molar-refractivity contribution >= 4 is 5.91 Å². The summed E-state index contributed by atoms with van der Waals surface area (Å²) in [6.45, 7) is 8.16. The Morgan fingerprint density at radius 2 is 2.16 bits per heavy atom. The predicted octanol–water partition coefficient (Wildman–Crippen LogP) is 1.60. The maximum atomic E-state index is 12.2. The summed E-state index contributed by atoms with van der Waals surface area (Å²) in [6, 6.07) is 0.601. The predicted molar refractivity (Wildman–Crippen MR) is 79.9 cm³/mol. The summed E-state index contributed by atoms with van der Waals surface area (Å²) in [5.41, 5.74) is 6.10. The monoisotopic (exact) mass is 269 g/mol. The molecule has 0 radical (unpaired) electrons. The SMILES string of the molecule is CCC(C)N(C)CCNC(=O)C1C(C)CCCC1N. The van der Waals surface area contributed by atoms with Crippen molar-refractivity contribution in [3.05, 3.63) is 0 Å². The summed E-state index contributed by atoms with van der Waals surface area (Å²) in [5.74, 6) is 0.566. The van der Waals surface area contributed by atoms with Gasteiger partial charge in [0, 0.05) is 25.2 Å². The van der Waals surface area contributed by atoms with Crippen LogP contribution < -0.4 is 11.1 Å². The maximum Gasteiger partial charge on any atom is 0.224 e. The Kier molecular flexibility index (Phi) is 6.80. The molecule has 0 aromatic rings. The van der Waals surface area contributed by atoms with E-state index >= 15 is 0 Å². The first kappa shape index (κ1) is 16.4. The minimum Gasteiger partial charge on any atom is -0.355 e. The number of rotatable bonds is 6. The average Bonchev–Trinajstić information content (AvgIpc) is 2.37. The molecule has 0 aromatic carbocycles. The number of nitrogens with two attached hydrogens (primary N) is 1. The van der Waals surface area contributed by atoms with Crippen LogP contribution in [0.1, 0.15) is 46.5 Å². The minimum absolute atomic E-state index is 0.00246. The van der Waals surface area contributed by atoms with E-state index in [-0.39, 0.29) is 17.9 Å². The lowest BCUT2D eigenvalue weighted by Crippen LogP contribution is -2.48. The van der Waals surface area contributed by atoms with Crippen LogP contribution in [0.4, 0.5) is 0 Å². The normalized spacial score (nSPS) is 29.3. The summed E-state index contributed by atoms with van der Waals surface area (Å²) in [7, 11) is 2.11. The molecule has 0 spiro atoms. The fourth-order valence-electron chi connectivity index (χ4n) is 2.91. The first-order chi connectivity index (χ1) is 8.97. The molecule has 4 unspecified atom stereocenters. The smallest absolute Gasteiger partial charge is 0.224 e. The summed E-state index contributed by atoms with van der Waals surface area (Å²) in [5, 5.41) is 3.06. The molecule has 0 aromatic heterocycles. The first-order valence-electron chi connectivity index (χ1n) is 7.70. The number of nitrogens with zero attached hydrogens (tertiary/aromatic N) is 1. The van der Waals surface area contributed by atoms with Crippen LogP contribution in [0.15, 0.2) is 0 Å². The van der Waals surface area contributed by atoms with Crippen LogP contribution in [0.2, 0.25) is 0 Å². The van der Waals surface area contributed by atoms with Crippen molar-refractivity contribution in [1.82, 2.24) is 10.2 Å². The zero-order valence-corrected chi connectivity index (χ0v) is 13.0. The van der Waals surface area contributed by atoms with Crippen molar-refractivity contribution in [2.75, 3.05) is 20.1 Å². The lowest BCUT2D eigenvalue weighted by atomic mass is 9.76. The number of likely N-dealkylation sites (N-methyl/N-ethyl adjacent to an activating group) is 1. The van der Waals surface area contributed by atoms with E-state index in [4.69, 9.17) is 5.73 Å². The number of carbonyl (C=O) groups excluding carboxylic acids is 1. The van der Waals surface area contributed by atoms with E-state index < -0.39 is 0 Å². The van der Waals surface area contributed by atoms with Gasteiger partial charge in [-0.15, -0.1) is 0 Å². The van der Waals surface area contributed by atoms with Gasteiger partial charge in [0.05, 0.1) is 5.92 Å². The van der Waals surface area contributed by atoms with Crippen LogP contribution in [-0.2, 0) is 4.79 Å². The largest absolute Gasteiger partial charge is 0.355 e. The van der Waals surface area contributed by atoms with Gasteiger partial charge in [0.2, 0.25) is 5.91 Å². The van der Waals surface area contributed by atoms with Crippen molar-refractivity contribution in [1.29, 1.82) is 0 Å². The van der Waals surface area contributed by atoms with Gasteiger partial charge in [0.1, 0.15) is 0 Å². The van der Waals surface area contributed by atoms with Gasteiger partial charge in [-0.25, -0.2) is 0 Å². The zero-order valence-electron chi connectivity index (χ0n) is 13.0. The number of amides is 1. The van der Waals surface area contributed by atoms with Gasteiger partial charge in [-0.2, -0.15) is 0 Å². The molecule has 4 nitrogen and oxygen atoms in total. The second-order valence-electron chi connectivity index (χ2n) is 6.13. The molecule has 0 saturated heterocycles. The fraction of sp³-hybridized carbons (Fsp3) is 0.933. The molecule has 1 rings (SSSR count). The second-order valence-corrected chi connectivity index (χ2v) is 6.13. The van der Waals surface area contributed by atoms with Gasteiger partial charge in [0.15, 0.2) is 0 Å². The number of hydrogen-bond acceptors (Lipinski definition) is 3. The summed E-state index contributed by atoms with van der Waals surface area (Å²) in [6.07, 6.45) is 4.39. The number of carbonyl (C=O) groups is 1. The number of nitrogens with one attached hydrogen (secondary N) is 1. The van der Waals surface area contributed by atoms with E-state index in [1.165, 1.54) is 0 Å². The number of hydrogen-bond donors (Lipinski definition) is 2. The maximum absolute atomic E-state index is 12.2. The summed E-state index contributed by atoms with van der Waals surface area (Å²) < 4.78 is 0. The van der Waals surface area contributed by atoms with E-state index in [2.05, 4.69) is 38.0 Å². The molecule has 1 saturated carbocycles. The highest BCUT2D eigenvalue weighted by molar-refractivity contribution is 5.79. The van der Waals surface area contributed by atoms with Gasteiger partial charge >= 0.3 is 0 Å². The van der Waals surface area contributed by atoms with E-state index in [0.29, 0.717) is 12.0 Å². The van der Waals surface area contributed by atoms with Gasteiger partial charge in [-0.1, -0.05) is 20.3 Å². The molecular formula is C15H31N3O. The van der Waals surface area contributed by atoms with Crippen LogP contribution >= 0.6 is 0 Å². The third-order valence-electron chi connectivity index (χ3n) is 4.68. The van der Waals surface area contributed by atoms with Crippen molar-refractivity contribution < 1.29 is 4.79 Å². The third-order valence-corrected chi connectivity index (χ3v) is 4.68. The molecule has 19 heavy (non-hydrogen) atoms. The van der Waals surface area contributed by atoms with E-state index in [9.17, 15) is 4.79 Å². The molecule has 1 aliphatic carbocycles. The Morgan fingerprint density at radius 3 is 2.74 bits per heavy atom. The molecule has 1 amide bonds. The molecule has 0 bridgehead atoms. The van der Waals surface area contributed by atoms with Crippen molar-refractivity contribution in [3.63, 3.8) is 0 Å². The highest BCUT2D eigenvalue weighted by atomic mass is 16.1. The van der Waals surface area contributed by atoms with Gasteiger partial charge in [0.25, 0.3) is 0 Å². The van der Waals surface area contributed by atoms with E-state index in [1.54, 1.807) is 0 Å². The van der Waals surface area contributed by atoms with Gasteiger partial charge in [-0.3, -0.25) is 4.79 Å². The lowest BCUT2D eigenvalue weighted by Gasteiger charge is -2.33. The van der Waals surface area contributed by atoms with Crippen molar-refractivity contribution in [2.45, 2.75) is 58.5 Å². The molecule has 0 heterocycles. The molecule has 1 fully saturated rings. The third kappa shape index (κ3) is 4.77. The van der Waals surface area contributed by atoms with Crippen molar-refractivity contribution in [2.24, 2.45) is 17.6 Å². The quantitative estimate of drug-likeness (QED) is 0.770. The molecule has 3 N–H and O–H groups in total. The molecule has 1 aliphatic rings. The van der Waals surface area contributed by atoms with Gasteiger partial charge < -0.3 is 16.0 Å². The van der Waals surface area contributed by atoms with Crippen LogP contribution in [-0.4, -0.2) is 43.0 Å². The molecule has 4 heteroatoms. The Morgan fingerprint density at radius 1 is 1.47 bits per heavy atom. The lowest BCUT2D eigenvalue weighted by molar-refractivity contribution is -0.128. The molecule has 4 atom stereocenters. The summed E-state index contributed by atoms with van der Waals surface area (Å²) in [4.78, 5) is 14.5. The Hall–Kier alpha value is -0.610. The highest BCUT2D eigenvalue weighted by Gasteiger charge is 2.33. The second kappa shape index (κ2) is 7.85. The highest BCUT2D eigenvalue weighted by Crippen LogP contribution is 2.28. The van der Waals surface area contributed by atoms with Gasteiger partial charge in [-0.05, 0) is 39.2 Å². The minimum atomic E-state index is 0.00246. The van der Waals surface area contributed by atoms with Crippen LogP contribution in [0, 0.1) is 11.8 Å². The van der Waals surface area contributed by atoms with Crippen LogP contribution in [0.5, 0.6) is 0 Å². The zero-order chi connectivity index (χ0) is 14.4. The van der Waals surface area contributed by atoms with E-state index in [0.717, 1.165) is 38.8 Å². The van der Waals surface area contributed by atoms with Crippen LogP contribution in [0.3, 0.4) is 0 Å². The Balaban J connectivity index is 2.34. The average molecular weight is 269 g/mol. The topological polar surface area (TPSA) is 58.4 Å². The van der Waals surface area contributed by atoms with E-state index in [1.807, 2.05) is 0 Å². The Bertz CT molecular complexity index is 273. The molecule has 112 valence electrons. The molecule has 0 aliphatic heterocycles. The fourth-order valence-corrected chi connectivity index (χ4v) is 2.91. The van der Waals surface area contributed by atoms with Crippen molar-refractivity contribution in [3.8, 4) is 0 Å². The summed E-state index contributed by atoms with van der Waals surface area (Å²) >= 11 is 0. The standard InChI is InChI=1S/C15H31N3O/c1-5-12(3)18(4)10-9-17-15(19)14-11(2)7-6-8-13(14)16/h11-14H,5-10,16H2,1-4H3,(H,17,19). The first-order valence-corrected chi connectivity index (χ1v) is 7.70. The van der Waals surface area contributed by atoms with Crippen LogP contribution in [0.25, 0.3) is 0 Å². The Labute approximate surface area is 118 Å².